The second-order valence-corrected chi connectivity index (χ2v) is 5.30. The molecule has 2 rings (SSSR count). The van der Waals surface area contributed by atoms with E-state index in [1.165, 1.54) is 15.6 Å². The number of nitrogens with zero attached hydrogens (tertiary/aromatic N) is 2. The molecule has 2 heterocycles. The standard InChI is InChI=1S/C12H17N3S/c1-4-11-10(5-9-6-13-7-14-9)15-12(16-11)8(2)3/h6-8H,4-5H2,1-3H3,(H,13,14). The van der Waals surface area contributed by atoms with Crippen LogP contribution in [-0.4, -0.2) is 15.0 Å². The van der Waals surface area contributed by atoms with Crippen molar-refractivity contribution in [3.05, 3.63) is 33.8 Å². The van der Waals surface area contributed by atoms with Gasteiger partial charge >= 0.3 is 0 Å². The van der Waals surface area contributed by atoms with Crippen LogP contribution in [0.1, 0.15) is 48.0 Å². The molecule has 0 spiro atoms. The van der Waals surface area contributed by atoms with Crippen molar-refractivity contribution in [2.45, 2.75) is 39.5 Å². The van der Waals surface area contributed by atoms with E-state index < -0.39 is 0 Å². The van der Waals surface area contributed by atoms with Crippen molar-refractivity contribution in [1.29, 1.82) is 0 Å². The molecule has 0 aromatic carbocycles. The Labute approximate surface area is 100.0 Å². The third-order valence-electron chi connectivity index (χ3n) is 2.52. The lowest BCUT2D eigenvalue weighted by Crippen LogP contribution is -1.93. The second kappa shape index (κ2) is 4.78. The summed E-state index contributed by atoms with van der Waals surface area (Å²) in [5.41, 5.74) is 2.34. The number of imidazole rings is 1. The zero-order valence-electron chi connectivity index (χ0n) is 9.95. The molecule has 0 saturated carbocycles. The molecular formula is C12H17N3S. The van der Waals surface area contributed by atoms with Gasteiger partial charge in [-0.2, -0.15) is 0 Å². The third-order valence-corrected chi connectivity index (χ3v) is 4.07. The van der Waals surface area contributed by atoms with Crippen LogP contribution in [0.15, 0.2) is 12.5 Å². The van der Waals surface area contributed by atoms with Crippen LogP contribution in [0, 0.1) is 0 Å². The van der Waals surface area contributed by atoms with Gasteiger partial charge in [-0.15, -0.1) is 11.3 Å². The topological polar surface area (TPSA) is 41.6 Å². The molecule has 3 nitrogen and oxygen atoms in total. The van der Waals surface area contributed by atoms with Crippen molar-refractivity contribution < 1.29 is 0 Å². The maximum atomic E-state index is 4.73. The summed E-state index contributed by atoms with van der Waals surface area (Å²) in [7, 11) is 0. The predicted molar refractivity (Wildman–Crippen MR) is 67.0 cm³/mol. The molecule has 0 fully saturated rings. The van der Waals surface area contributed by atoms with Gasteiger partial charge in [-0.25, -0.2) is 9.97 Å². The summed E-state index contributed by atoms with van der Waals surface area (Å²) in [6, 6.07) is 0. The molecule has 0 aliphatic carbocycles. The van der Waals surface area contributed by atoms with Gasteiger partial charge in [0.2, 0.25) is 0 Å². The Hall–Kier alpha value is -1.16. The Balaban J connectivity index is 2.25. The van der Waals surface area contributed by atoms with E-state index in [1.807, 2.05) is 17.5 Å². The normalized spacial score (nSPS) is 11.2. The fraction of sp³-hybridized carbons (Fsp3) is 0.500. The van der Waals surface area contributed by atoms with E-state index in [-0.39, 0.29) is 0 Å². The average molecular weight is 235 g/mol. The van der Waals surface area contributed by atoms with E-state index in [4.69, 9.17) is 4.98 Å². The van der Waals surface area contributed by atoms with E-state index >= 15 is 0 Å². The molecule has 0 aliphatic heterocycles. The fourth-order valence-electron chi connectivity index (χ4n) is 1.63. The first kappa shape index (κ1) is 11.3. The Kier molecular flexibility index (Phi) is 3.39. The van der Waals surface area contributed by atoms with Crippen molar-refractivity contribution in [2.24, 2.45) is 0 Å². The molecule has 86 valence electrons. The van der Waals surface area contributed by atoms with Gasteiger partial charge in [0.15, 0.2) is 0 Å². The molecule has 2 aromatic heterocycles. The van der Waals surface area contributed by atoms with Crippen molar-refractivity contribution in [1.82, 2.24) is 15.0 Å². The van der Waals surface area contributed by atoms with E-state index in [0.29, 0.717) is 5.92 Å². The highest BCUT2D eigenvalue weighted by atomic mass is 32.1. The fourth-order valence-corrected chi connectivity index (χ4v) is 2.65. The van der Waals surface area contributed by atoms with Gasteiger partial charge in [0.05, 0.1) is 17.0 Å². The number of thiazole rings is 1. The van der Waals surface area contributed by atoms with Crippen molar-refractivity contribution in [3.8, 4) is 0 Å². The van der Waals surface area contributed by atoms with Gasteiger partial charge in [-0.05, 0) is 6.42 Å². The minimum atomic E-state index is 0.519. The summed E-state index contributed by atoms with van der Waals surface area (Å²) >= 11 is 1.84. The van der Waals surface area contributed by atoms with Crippen molar-refractivity contribution in [2.75, 3.05) is 0 Å². The lowest BCUT2D eigenvalue weighted by Gasteiger charge is -1.97. The molecule has 2 aromatic rings. The summed E-state index contributed by atoms with van der Waals surface area (Å²) in [5, 5.41) is 1.24. The number of hydrogen-bond donors (Lipinski definition) is 1. The number of H-pyrrole nitrogens is 1. The molecule has 0 aliphatic rings. The van der Waals surface area contributed by atoms with Crippen LogP contribution in [0.25, 0.3) is 0 Å². The summed E-state index contributed by atoms with van der Waals surface area (Å²) < 4.78 is 0. The number of aryl methyl sites for hydroxylation is 1. The van der Waals surface area contributed by atoms with Gasteiger partial charge in [0.25, 0.3) is 0 Å². The monoisotopic (exact) mass is 235 g/mol. The highest BCUT2D eigenvalue weighted by Gasteiger charge is 2.12. The SMILES string of the molecule is CCc1sc(C(C)C)nc1Cc1cnc[nH]1. The molecule has 4 heteroatoms. The zero-order chi connectivity index (χ0) is 11.5. The zero-order valence-corrected chi connectivity index (χ0v) is 10.8. The number of rotatable bonds is 4. The number of hydrogen-bond acceptors (Lipinski definition) is 3. The quantitative estimate of drug-likeness (QED) is 0.884. The number of aromatic nitrogens is 3. The Morgan fingerprint density at radius 3 is 2.81 bits per heavy atom. The van der Waals surface area contributed by atoms with E-state index in [2.05, 4.69) is 30.7 Å². The maximum absolute atomic E-state index is 4.73. The third kappa shape index (κ3) is 2.32. The molecule has 0 unspecified atom stereocenters. The predicted octanol–water partition coefficient (Wildman–Crippen LogP) is 3.14. The summed E-state index contributed by atoms with van der Waals surface area (Å²) in [6.07, 6.45) is 5.52. The molecule has 0 atom stereocenters. The molecule has 0 bridgehead atoms. The van der Waals surface area contributed by atoms with E-state index in [1.54, 1.807) is 6.33 Å². The Bertz CT molecular complexity index is 443. The maximum Gasteiger partial charge on any atom is 0.0956 e. The van der Waals surface area contributed by atoms with Crippen LogP contribution in [-0.2, 0) is 12.8 Å². The van der Waals surface area contributed by atoms with E-state index in [0.717, 1.165) is 18.5 Å². The number of nitrogens with one attached hydrogen (secondary N) is 1. The summed E-state index contributed by atoms with van der Waals surface area (Å²) in [4.78, 5) is 13.3. The van der Waals surface area contributed by atoms with Gasteiger partial charge in [-0.3, -0.25) is 0 Å². The Morgan fingerprint density at radius 2 is 2.25 bits per heavy atom. The number of aromatic amines is 1. The van der Waals surface area contributed by atoms with Crippen LogP contribution >= 0.6 is 11.3 Å². The minimum Gasteiger partial charge on any atom is -0.348 e. The highest BCUT2D eigenvalue weighted by Crippen LogP contribution is 2.26. The lowest BCUT2D eigenvalue weighted by molar-refractivity contribution is 0.839. The molecular weight excluding hydrogens is 218 g/mol. The Morgan fingerprint density at radius 1 is 1.44 bits per heavy atom. The largest absolute Gasteiger partial charge is 0.348 e. The average Bonchev–Trinajstić information content (AvgIpc) is 2.87. The van der Waals surface area contributed by atoms with Crippen LogP contribution in [0.4, 0.5) is 0 Å². The minimum absolute atomic E-state index is 0.519. The molecule has 16 heavy (non-hydrogen) atoms. The first-order valence-corrected chi connectivity index (χ1v) is 6.48. The van der Waals surface area contributed by atoms with Gasteiger partial charge < -0.3 is 4.98 Å². The van der Waals surface area contributed by atoms with E-state index in [9.17, 15) is 0 Å². The van der Waals surface area contributed by atoms with Crippen LogP contribution in [0.5, 0.6) is 0 Å². The molecule has 0 radical (unpaired) electrons. The van der Waals surface area contributed by atoms with Crippen LogP contribution < -0.4 is 0 Å². The lowest BCUT2D eigenvalue weighted by atomic mass is 10.2. The van der Waals surface area contributed by atoms with Crippen molar-refractivity contribution in [3.63, 3.8) is 0 Å². The highest BCUT2D eigenvalue weighted by molar-refractivity contribution is 7.11. The van der Waals surface area contributed by atoms with Crippen LogP contribution in [0.3, 0.4) is 0 Å². The van der Waals surface area contributed by atoms with Gasteiger partial charge in [-0.1, -0.05) is 20.8 Å². The van der Waals surface area contributed by atoms with Crippen LogP contribution in [0.2, 0.25) is 0 Å². The van der Waals surface area contributed by atoms with Gasteiger partial charge in [0, 0.05) is 29.1 Å². The molecule has 0 amide bonds. The first-order chi connectivity index (χ1) is 7.70. The summed E-state index contributed by atoms with van der Waals surface area (Å²) in [6.45, 7) is 6.57. The summed E-state index contributed by atoms with van der Waals surface area (Å²) in [5.74, 6) is 0.519. The second-order valence-electron chi connectivity index (χ2n) is 4.18. The molecule has 1 N–H and O–H groups in total. The molecule has 0 saturated heterocycles. The smallest absolute Gasteiger partial charge is 0.0956 e. The van der Waals surface area contributed by atoms with Gasteiger partial charge in [0.1, 0.15) is 0 Å². The van der Waals surface area contributed by atoms with Crippen molar-refractivity contribution >= 4 is 11.3 Å². The first-order valence-electron chi connectivity index (χ1n) is 5.66.